The Balaban J connectivity index is 3.25. The van der Waals surface area contributed by atoms with Crippen molar-refractivity contribution in [1.29, 1.82) is 0 Å². The molecule has 0 spiro atoms. The van der Waals surface area contributed by atoms with Gasteiger partial charge in [-0.3, -0.25) is 9.52 Å². The quantitative estimate of drug-likeness (QED) is 0.346. The Hall–Kier alpha value is -0.360. The van der Waals surface area contributed by atoms with Crippen molar-refractivity contribution in [2.24, 2.45) is 5.92 Å². The lowest BCUT2D eigenvalue weighted by Crippen LogP contribution is -2.14. The van der Waals surface area contributed by atoms with Crippen molar-refractivity contribution in [3.63, 3.8) is 0 Å². The molecular weight excluding hydrogens is 226 g/mol. The number of hydrogen-bond acceptors (Lipinski definition) is 5. The van der Waals surface area contributed by atoms with Crippen LogP contribution in [0.15, 0.2) is 12.2 Å². The molecule has 0 aromatic rings. The zero-order valence-corrected chi connectivity index (χ0v) is 10.8. The number of Topliss-reactive ketones (excluding diaryl/α,β-unsaturated/α-hetero) is 1. The van der Waals surface area contributed by atoms with Crippen LogP contribution in [-0.4, -0.2) is 38.8 Å². The maximum Gasteiger partial charge on any atom is 0.160 e. The molecule has 0 atom stereocenters. The standard InChI is InChI=1S/C11H21NO3S/c1-10(2)11(13)9-15-7-4-3-6-14-8-5-12-16/h3-4,10,12,16H,5-9H2,1-2H3/b4-3-. The van der Waals surface area contributed by atoms with E-state index in [0.717, 1.165) is 6.54 Å². The highest BCUT2D eigenvalue weighted by molar-refractivity contribution is 7.78. The summed E-state index contributed by atoms with van der Waals surface area (Å²) in [5, 5.41) is 0. The lowest BCUT2D eigenvalue weighted by Gasteiger charge is -2.03. The summed E-state index contributed by atoms with van der Waals surface area (Å²) >= 11 is 3.83. The Morgan fingerprint density at radius 1 is 1.31 bits per heavy atom. The Labute approximate surface area is 103 Å². The molecule has 0 aliphatic carbocycles. The molecule has 0 amide bonds. The minimum absolute atomic E-state index is 0.0426. The summed E-state index contributed by atoms with van der Waals surface area (Å²) < 4.78 is 13.1. The average Bonchev–Trinajstić information content (AvgIpc) is 2.26. The normalized spacial score (nSPS) is 11.5. The van der Waals surface area contributed by atoms with Gasteiger partial charge in [-0.1, -0.05) is 38.8 Å². The van der Waals surface area contributed by atoms with Crippen LogP contribution in [0.1, 0.15) is 13.8 Å². The average molecular weight is 247 g/mol. The van der Waals surface area contributed by atoms with E-state index in [2.05, 4.69) is 17.5 Å². The molecule has 4 nitrogen and oxygen atoms in total. The molecule has 0 bridgehead atoms. The van der Waals surface area contributed by atoms with E-state index in [-0.39, 0.29) is 18.3 Å². The maximum absolute atomic E-state index is 11.2. The van der Waals surface area contributed by atoms with Gasteiger partial charge in [0.1, 0.15) is 6.61 Å². The smallest absolute Gasteiger partial charge is 0.160 e. The third kappa shape index (κ3) is 10.2. The van der Waals surface area contributed by atoms with Crippen molar-refractivity contribution in [1.82, 2.24) is 4.72 Å². The van der Waals surface area contributed by atoms with Crippen molar-refractivity contribution < 1.29 is 14.3 Å². The molecule has 0 heterocycles. The number of thiol groups is 1. The fraction of sp³-hybridized carbons (Fsp3) is 0.727. The minimum atomic E-state index is 0.0426. The fourth-order valence-electron chi connectivity index (χ4n) is 0.799. The van der Waals surface area contributed by atoms with E-state index in [1.54, 1.807) is 0 Å². The van der Waals surface area contributed by atoms with E-state index >= 15 is 0 Å². The topological polar surface area (TPSA) is 47.6 Å². The number of ether oxygens (including phenoxy) is 2. The van der Waals surface area contributed by atoms with Crippen LogP contribution in [0.4, 0.5) is 0 Å². The number of carbonyl (C=O) groups is 1. The molecule has 0 fully saturated rings. The molecule has 0 saturated heterocycles. The van der Waals surface area contributed by atoms with E-state index in [0.29, 0.717) is 19.8 Å². The van der Waals surface area contributed by atoms with Crippen LogP contribution in [0.2, 0.25) is 0 Å². The van der Waals surface area contributed by atoms with Gasteiger partial charge in [0.15, 0.2) is 5.78 Å². The van der Waals surface area contributed by atoms with Crippen molar-refractivity contribution in [3.8, 4) is 0 Å². The monoisotopic (exact) mass is 247 g/mol. The van der Waals surface area contributed by atoms with Crippen molar-refractivity contribution >= 4 is 18.6 Å². The molecule has 5 heteroatoms. The lowest BCUT2D eigenvalue weighted by atomic mass is 10.1. The first kappa shape index (κ1) is 15.6. The molecule has 0 aromatic heterocycles. The van der Waals surface area contributed by atoms with Gasteiger partial charge in [-0.15, -0.1) is 0 Å². The molecule has 0 aliphatic heterocycles. The number of rotatable bonds is 10. The van der Waals surface area contributed by atoms with E-state index in [1.807, 2.05) is 26.0 Å². The summed E-state index contributed by atoms with van der Waals surface area (Å²) in [5.74, 6) is 0.172. The van der Waals surface area contributed by atoms with Crippen LogP contribution < -0.4 is 4.72 Å². The second-order valence-corrected chi connectivity index (χ2v) is 3.91. The molecular formula is C11H21NO3S. The van der Waals surface area contributed by atoms with Gasteiger partial charge in [0, 0.05) is 12.5 Å². The second-order valence-electron chi connectivity index (χ2n) is 3.59. The van der Waals surface area contributed by atoms with Crippen LogP contribution in [-0.2, 0) is 14.3 Å². The van der Waals surface area contributed by atoms with E-state index in [1.165, 1.54) is 0 Å². The van der Waals surface area contributed by atoms with Gasteiger partial charge < -0.3 is 9.47 Å². The summed E-state index contributed by atoms with van der Waals surface area (Å²) in [7, 11) is 0. The molecule has 94 valence electrons. The van der Waals surface area contributed by atoms with Gasteiger partial charge in [0.05, 0.1) is 19.8 Å². The maximum atomic E-state index is 11.2. The first-order valence-corrected chi connectivity index (χ1v) is 5.83. The van der Waals surface area contributed by atoms with Crippen molar-refractivity contribution in [3.05, 3.63) is 12.2 Å². The zero-order valence-electron chi connectivity index (χ0n) is 9.94. The lowest BCUT2D eigenvalue weighted by molar-refractivity contribution is -0.126. The highest BCUT2D eigenvalue weighted by Gasteiger charge is 2.05. The third-order valence-corrected chi connectivity index (χ3v) is 2.06. The second kappa shape index (κ2) is 11.1. The van der Waals surface area contributed by atoms with Gasteiger partial charge >= 0.3 is 0 Å². The van der Waals surface area contributed by atoms with Gasteiger partial charge in [-0.05, 0) is 0 Å². The fourth-order valence-corrected chi connectivity index (χ4v) is 0.891. The first-order chi connectivity index (χ1) is 7.68. The van der Waals surface area contributed by atoms with Gasteiger partial charge in [0.25, 0.3) is 0 Å². The highest BCUT2D eigenvalue weighted by atomic mass is 32.1. The van der Waals surface area contributed by atoms with Crippen molar-refractivity contribution in [2.75, 3.05) is 33.0 Å². The predicted octanol–water partition coefficient (Wildman–Crippen LogP) is 1.24. The molecule has 0 aliphatic rings. The third-order valence-electron chi connectivity index (χ3n) is 1.84. The highest BCUT2D eigenvalue weighted by Crippen LogP contribution is 1.94. The van der Waals surface area contributed by atoms with Gasteiger partial charge in [-0.25, -0.2) is 0 Å². The minimum Gasteiger partial charge on any atom is -0.376 e. The molecule has 0 saturated carbocycles. The van der Waals surface area contributed by atoms with Crippen LogP contribution >= 0.6 is 12.8 Å². The van der Waals surface area contributed by atoms with Crippen LogP contribution in [0.25, 0.3) is 0 Å². The molecule has 16 heavy (non-hydrogen) atoms. The van der Waals surface area contributed by atoms with Crippen LogP contribution in [0.3, 0.4) is 0 Å². The molecule has 0 rings (SSSR count). The Kier molecular flexibility index (Phi) is 10.9. The Morgan fingerprint density at radius 2 is 1.94 bits per heavy atom. The number of nitrogens with one attached hydrogen (secondary N) is 1. The molecule has 1 N–H and O–H groups in total. The van der Waals surface area contributed by atoms with Crippen molar-refractivity contribution in [2.45, 2.75) is 13.8 Å². The zero-order chi connectivity index (χ0) is 12.2. The number of ketones is 1. The molecule has 0 radical (unpaired) electrons. The summed E-state index contributed by atoms with van der Waals surface area (Å²) in [6, 6.07) is 0. The van der Waals surface area contributed by atoms with E-state index < -0.39 is 0 Å². The van der Waals surface area contributed by atoms with Gasteiger partial charge in [-0.2, -0.15) is 0 Å². The van der Waals surface area contributed by atoms with Gasteiger partial charge in [0.2, 0.25) is 0 Å². The van der Waals surface area contributed by atoms with E-state index in [4.69, 9.17) is 9.47 Å². The van der Waals surface area contributed by atoms with E-state index in [9.17, 15) is 4.79 Å². The Morgan fingerprint density at radius 3 is 2.50 bits per heavy atom. The summed E-state index contributed by atoms with van der Waals surface area (Å²) in [6.07, 6.45) is 3.72. The Bertz CT molecular complexity index is 207. The molecule has 0 unspecified atom stereocenters. The summed E-state index contributed by atoms with van der Waals surface area (Å²) in [5.41, 5.74) is 0. The largest absolute Gasteiger partial charge is 0.376 e. The summed E-state index contributed by atoms with van der Waals surface area (Å²) in [6.45, 7) is 6.27. The number of hydrogen-bond donors (Lipinski definition) is 2. The first-order valence-electron chi connectivity index (χ1n) is 5.38. The molecule has 0 aromatic carbocycles. The van der Waals surface area contributed by atoms with Crippen LogP contribution in [0, 0.1) is 5.92 Å². The predicted molar refractivity (Wildman–Crippen MR) is 67.6 cm³/mol. The van der Waals surface area contributed by atoms with Crippen LogP contribution in [0.5, 0.6) is 0 Å². The SMILES string of the molecule is CC(C)C(=O)COC/C=C\COCCNS. The summed E-state index contributed by atoms with van der Waals surface area (Å²) in [4.78, 5) is 11.2. The number of carbonyl (C=O) groups excluding carboxylic acids is 1.